The summed E-state index contributed by atoms with van der Waals surface area (Å²) in [7, 11) is -2.13. The van der Waals surface area contributed by atoms with Gasteiger partial charge in [0.2, 0.25) is 0 Å². The Bertz CT molecular complexity index is 618. The highest BCUT2D eigenvalue weighted by Gasteiger charge is 2.62. The van der Waals surface area contributed by atoms with Crippen molar-refractivity contribution in [3.8, 4) is 0 Å². The molecule has 0 amide bonds. The van der Waals surface area contributed by atoms with E-state index in [2.05, 4.69) is 33.9 Å². The molecule has 2 bridgehead atoms. The van der Waals surface area contributed by atoms with E-state index in [4.69, 9.17) is 13.9 Å². The number of fused-ring (bicyclic) bond motifs is 2. The predicted octanol–water partition coefficient (Wildman–Crippen LogP) is 3.99. The first-order valence-electron chi connectivity index (χ1n) is 10.8. The molecule has 2 aliphatic rings. The highest BCUT2D eigenvalue weighted by Crippen LogP contribution is 2.50. The number of aliphatic hydroxyl groups is 2. The van der Waals surface area contributed by atoms with Crippen LogP contribution in [-0.2, 0) is 18.7 Å². The van der Waals surface area contributed by atoms with Crippen LogP contribution in [0.2, 0.25) is 18.1 Å². The molecular weight excluding hydrogens is 388 g/mol. The van der Waals surface area contributed by atoms with Crippen molar-refractivity contribution in [2.24, 2.45) is 11.8 Å². The summed E-state index contributed by atoms with van der Waals surface area (Å²) in [6.07, 6.45) is 0.371. The number of hydrogen-bond acceptors (Lipinski definition) is 6. The van der Waals surface area contributed by atoms with Crippen LogP contribution in [0.25, 0.3) is 0 Å². The number of hydrogen-bond donors (Lipinski definition) is 2. The van der Waals surface area contributed by atoms with E-state index in [1.54, 1.807) is 27.7 Å². The molecule has 2 N–H and O–H groups in total. The average Bonchev–Trinajstić information content (AvgIpc) is 2.88. The molecule has 2 rings (SSSR count). The van der Waals surface area contributed by atoms with E-state index >= 15 is 0 Å². The lowest BCUT2D eigenvalue weighted by Gasteiger charge is -2.47. The molecule has 2 heterocycles. The fourth-order valence-corrected chi connectivity index (χ4v) is 5.44. The van der Waals surface area contributed by atoms with Gasteiger partial charge >= 0.3 is 5.97 Å². The van der Waals surface area contributed by atoms with Gasteiger partial charge in [-0.05, 0) is 65.1 Å². The monoisotopic (exact) mass is 430 g/mol. The zero-order valence-electron chi connectivity index (χ0n) is 20.0. The van der Waals surface area contributed by atoms with E-state index in [1.807, 2.05) is 6.92 Å². The summed E-state index contributed by atoms with van der Waals surface area (Å²) in [6, 6.07) is 0. The molecule has 0 radical (unpaired) electrons. The van der Waals surface area contributed by atoms with E-state index in [9.17, 15) is 15.0 Å². The SMILES string of the molecule is C[C@@H]1[C@@H](O[Si](C)(C)C(C)(C)C)CC[C@@](C)(O)[C@H]2C[C@H](C(=O)OC(C)(C)C)[C@]1(O)O2. The third-order valence-corrected chi connectivity index (χ3v) is 11.6. The summed E-state index contributed by atoms with van der Waals surface area (Å²) in [4.78, 5) is 13.0. The Morgan fingerprint density at radius 3 is 2.17 bits per heavy atom. The maximum absolute atomic E-state index is 13.0. The van der Waals surface area contributed by atoms with Gasteiger partial charge in [-0.2, -0.15) is 0 Å². The number of ether oxygens (including phenoxy) is 2. The molecule has 29 heavy (non-hydrogen) atoms. The smallest absolute Gasteiger partial charge is 0.315 e. The van der Waals surface area contributed by atoms with Gasteiger partial charge in [-0.25, -0.2) is 0 Å². The minimum absolute atomic E-state index is 0.00383. The molecule has 0 aromatic rings. The molecule has 6 atom stereocenters. The molecule has 7 heteroatoms. The van der Waals surface area contributed by atoms with Gasteiger partial charge in [0, 0.05) is 5.92 Å². The Labute approximate surface area is 177 Å². The summed E-state index contributed by atoms with van der Waals surface area (Å²) >= 11 is 0. The lowest BCUT2D eigenvalue weighted by molar-refractivity contribution is -0.283. The molecule has 2 saturated heterocycles. The van der Waals surface area contributed by atoms with Gasteiger partial charge in [0.15, 0.2) is 14.1 Å². The molecule has 0 spiro atoms. The van der Waals surface area contributed by atoms with Crippen LogP contribution in [0.15, 0.2) is 0 Å². The van der Waals surface area contributed by atoms with Crippen molar-refractivity contribution in [2.75, 3.05) is 0 Å². The Morgan fingerprint density at radius 2 is 1.69 bits per heavy atom. The second-order valence-electron chi connectivity index (χ2n) is 11.8. The van der Waals surface area contributed by atoms with Crippen molar-refractivity contribution < 1.29 is 28.9 Å². The lowest BCUT2D eigenvalue weighted by atomic mass is 9.83. The second-order valence-corrected chi connectivity index (χ2v) is 16.5. The van der Waals surface area contributed by atoms with Gasteiger partial charge in [-0.1, -0.05) is 27.7 Å². The van der Waals surface area contributed by atoms with E-state index in [1.165, 1.54) is 0 Å². The Hall–Kier alpha value is -0.473. The first kappa shape index (κ1) is 24.8. The van der Waals surface area contributed by atoms with Gasteiger partial charge in [-0.3, -0.25) is 4.79 Å². The maximum atomic E-state index is 13.0. The second kappa shape index (κ2) is 7.59. The molecule has 6 nitrogen and oxygen atoms in total. The van der Waals surface area contributed by atoms with Crippen molar-refractivity contribution >= 4 is 14.3 Å². The van der Waals surface area contributed by atoms with Crippen LogP contribution in [0.1, 0.15) is 74.7 Å². The highest BCUT2D eigenvalue weighted by molar-refractivity contribution is 6.74. The summed E-state index contributed by atoms with van der Waals surface area (Å²) in [6.45, 7) is 19.9. The molecule has 0 saturated carbocycles. The molecule has 2 fully saturated rings. The van der Waals surface area contributed by atoms with Crippen LogP contribution < -0.4 is 0 Å². The number of rotatable bonds is 3. The van der Waals surface area contributed by atoms with Gasteiger partial charge < -0.3 is 24.1 Å². The van der Waals surface area contributed by atoms with E-state index in [0.717, 1.165) is 0 Å². The summed E-state index contributed by atoms with van der Waals surface area (Å²) in [5.41, 5.74) is -1.82. The van der Waals surface area contributed by atoms with Crippen LogP contribution in [0.3, 0.4) is 0 Å². The zero-order chi connectivity index (χ0) is 22.6. The number of esters is 1. The maximum Gasteiger partial charge on any atom is 0.315 e. The fourth-order valence-electron chi connectivity index (χ4n) is 4.01. The largest absolute Gasteiger partial charge is 0.460 e. The van der Waals surface area contributed by atoms with Crippen molar-refractivity contribution in [1.82, 2.24) is 0 Å². The first-order chi connectivity index (χ1) is 12.8. The van der Waals surface area contributed by atoms with Gasteiger partial charge in [0.1, 0.15) is 11.5 Å². The van der Waals surface area contributed by atoms with Gasteiger partial charge in [0.25, 0.3) is 0 Å². The predicted molar refractivity (Wildman–Crippen MR) is 115 cm³/mol. The van der Waals surface area contributed by atoms with Crippen molar-refractivity contribution in [2.45, 2.75) is 122 Å². The summed E-state index contributed by atoms with van der Waals surface area (Å²) < 4.78 is 18.3. The molecule has 0 unspecified atom stereocenters. The zero-order valence-corrected chi connectivity index (χ0v) is 21.0. The minimum Gasteiger partial charge on any atom is -0.460 e. The van der Waals surface area contributed by atoms with Crippen molar-refractivity contribution in [1.29, 1.82) is 0 Å². The van der Waals surface area contributed by atoms with Gasteiger partial charge in [0.05, 0.1) is 17.8 Å². The minimum atomic E-state index is -2.13. The van der Waals surface area contributed by atoms with Crippen LogP contribution in [0, 0.1) is 11.8 Å². The van der Waals surface area contributed by atoms with Crippen molar-refractivity contribution in [3.63, 3.8) is 0 Å². The van der Waals surface area contributed by atoms with Gasteiger partial charge in [-0.15, -0.1) is 0 Å². The highest BCUT2D eigenvalue weighted by atomic mass is 28.4. The Kier molecular flexibility index (Phi) is 6.49. The van der Waals surface area contributed by atoms with Crippen LogP contribution >= 0.6 is 0 Å². The van der Waals surface area contributed by atoms with Crippen LogP contribution in [-0.4, -0.2) is 53.7 Å². The third-order valence-electron chi connectivity index (χ3n) is 7.06. The number of carbonyl (C=O) groups is 1. The third kappa shape index (κ3) is 5.06. The topological polar surface area (TPSA) is 85.2 Å². The Balaban J connectivity index is 2.40. The first-order valence-corrected chi connectivity index (χ1v) is 13.7. The van der Waals surface area contributed by atoms with E-state index in [-0.39, 0.29) is 17.6 Å². The van der Waals surface area contributed by atoms with E-state index in [0.29, 0.717) is 12.8 Å². The standard InChI is InChI=1S/C22H42O6Si/c1-14-16(28-29(9,10)20(5,6)7)11-12-21(8,24)17-13-15(22(14,25)26-17)18(23)27-19(2,3)4/h14-17,24-25H,11-13H2,1-10H3/t14-,15-,16+,17-,21-,22-/m1/s1. The molecule has 2 aliphatic heterocycles. The molecule has 0 aromatic carbocycles. The van der Waals surface area contributed by atoms with E-state index < -0.39 is 49.2 Å². The normalized spacial score (nSPS) is 39.0. The van der Waals surface area contributed by atoms with Crippen LogP contribution in [0.4, 0.5) is 0 Å². The Morgan fingerprint density at radius 1 is 1.14 bits per heavy atom. The molecule has 0 aromatic heterocycles. The van der Waals surface area contributed by atoms with Crippen molar-refractivity contribution in [3.05, 3.63) is 0 Å². The van der Waals surface area contributed by atoms with Crippen LogP contribution in [0.5, 0.6) is 0 Å². The number of carbonyl (C=O) groups excluding carboxylic acids is 1. The lowest BCUT2D eigenvalue weighted by Crippen LogP contribution is -2.56. The molecular formula is C22H42O6Si. The average molecular weight is 431 g/mol. The fraction of sp³-hybridized carbons (Fsp3) is 0.955. The summed E-state index contributed by atoms with van der Waals surface area (Å²) in [5.74, 6) is -3.52. The summed E-state index contributed by atoms with van der Waals surface area (Å²) in [5, 5.41) is 22.7. The molecule has 0 aliphatic carbocycles. The molecule has 170 valence electrons. The quantitative estimate of drug-likeness (QED) is 0.520.